The van der Waals surface area contributed by atoms with E-state index in [-0.39, 0.29) is 0 Å². The van der Waals surface area contributed by atoms with Crippen molar-refractivity contribution >= 4 is 31.2 Å². The summed E-state index contributed by atoms with van der Waals surface area (Å²) >= 11 is 0. The molecule has 0 bridgehead atoms. The Morgan fingerprint density at radius 1 is 0.567 bits per heavy atom. The van der Waals surface area contributed by atoms with E-state index in [9.17, 15) is 0 Å². The Balaban J connectivity index is 4.41. The topological polar surface area (TPSA) is 3.24 Å². The molecule has 0 aromatic heterocycles. The average molecular weight is 480 g/mol. The third-order valence-electron chi connectivity index (χ3n) is 6.25. The van der Waals surface area contributed by atoms with Crippen molar-refractivity contribution in [2.24, 2.45) is 0 Å². The summed E-state index contributed by atoms with van der Waals surface area (Å²) in [5.41, 5.74) is 0. The van der Waals surface area contributed by atoms with Gasteiger partial charge in [0.1, 0.15) is 0 Å². The van der Waals surface area contributed by atoms with E-state index >= 15 is 16.4 Å². The lowest BCUT2D eigenvalue weighted by atomic mass is 10.2. The number of hydrogen-bond acceptors (Lipinski definition) is 1. The second-order valence-corrected chi connectivity index (χ2v) is 25.4. The number of nitrogens with zero attached hydrogens (tertiary/aromatic N) is 1. The van der Waals surface area contributed by atoms with E-state index < -0.39 is 46.2 Å². The maximum atomic E-state index is 17.6. The SMILES string of the molecule is CC(C)(C)[Si](F)(N([Si](F)(F)F)[Si](c1ccccc1)(C(C)(C)C)C(C)(C)C)C(C)(C)C. The van der Waals surface area contributed by atoms with Crippen LogP contribution in [0.2, 0.25) is 20.2 Å². The maximum absolute atomic E-state index is 17.6. The van der Waals surface area contributed by atoms with Gasteiger partial charge in [0.25, 0.3) is 0 Å². The van der Waals surface area contributed by atoms with Gasteiger partial charge in [0.05, 0.1) is 0 Å². The lowest BCUT2D eigenvalue weighted by Gasteiger charge is -2.64. The van der Waals surface area contributed by atoms with Crippen molar-refractivity contribution in [1.82, 2.24) is 3.90 Å². The molecule has 0 aliphatic heterocycles. The largest absolute Gasteiger partial charge is 0.707 e. The maximum Gasteiger partial charge on any atom is 0.707 e. The molecule has 1 aromatic carbocycles. The van der Waals surface area contributed by atoms with E-state index in [1.54, 1.807) is 65.8 Å². The fourth-order valence-electron chi connectivity index (χ4n) is 5.86. The van der Waals surface area contributed by atoms with Crippen molar-refractivity contribution in [3.63, 3.8) is 0 Å². The molecule has 0 aliphatic carbocycles. The Morgan fingerprint density at radius 2 is 0.900 bits per heavy atom. The zero-order chi connectivity index (χ0) is 24.2. The van der Waals surface area contributed by atoms with E-state index in [0.29, 0.717) is 9.08 Å². The summed E-state index contributed by atoms with van der Waals surface area (Å²) in [6.07, 6.45) is 0. The quantitative estimate of drug-likeness (QED) is 0.239. The lowest BCUT2D eigenvalue weighted by Crippen LogP contribution is -2.85. The van der Waals surface area contributed by atoms with E-state index in [0.717, 1.165) is 0 Å². The molecule has 0 saturated carbocycles. The van der Waals surface area contributed by atoms with E-state index in [2.05, 4.69) is 0 Å². The predicted molar refractivity (Wildman–Crippen MR) is 128 cm³/mol. The lowest BCUT2D eigenvalue weighted by molar-refractivity contribution is 0.345. The molecule has 0 fully saturated rings. The first-order chi connectivity index (χ1) is 13.0. The smallest absolute Gasteiger partial charge is 0.293 e. The van der Waals surface area contributed by atoms with E-state index in [4.69, 9.17) is 0 Å². The van der Waals surface area contributed by atoms with Crippen LogP contribution in [0.4, 0.5) is 16.4 Å². The molecular weight excluding hydrogens is 438 g/mol. The fraction of sp³-hybridized carbons (Fsp3) is 0.727. The Labute approximate surface area is 185 Å². The molecule has 30 heavy (non-hydrogen) atoms. The summed E-state index contributed by atoms with van der Waals surface area (Å²) < 4.78 is 64.5. The molecule has 8 heteroatoms. The molecule has 0 saturated heterocycles. The minimum atomic E-state index is -6.60. The van der Waals surface area contributed by atoms with Crippen molar-refractivity contribution in [2.75, 3.05) is 0 Å². The summed E-state index contributed by atoms with van der Waals surface area (Å²) in [7, 11) is -15.0. The van der Waals surface area contributed by atoms with Gasteiger partial charge in [-0.1, -0.05) is 113 Å². The van der Waals surface area contributed by atoms with Gasteiger partial charge >= 0.3 is 17.8 Å². The summed E-state index contributed by atoms with van der Waals surface area (Å²) in [6.45, 7) is 21.2. The van der Waals surface area contributed by atoms with Gasteiger partial charge in [-0.25, -0.2) is 12.3 Å². The van der Waals surface area contributed by atoms with Gasteiger partial charge in [-0.15, -0.1) is 0 Å². The van der Waals surface area contributed by atoms with Crippen molar-refractivity contribution in [1.29, 1.82) is 0 Å². The van der Waals surface area contributed by atoms with Gasteiger partial charge in [-0.05, 0) is 25.3 Å². The third kappa shape index (κ3) is 4.26. The van der Waals surface area contributed by atoms with E-state index in [1.165, 1.54) is 0 Å². The van der Waals surface area contributed by atoms with Crippen LogP contribution in [0.5, 0.6) is 0 Å². The van der Waals surface area contributed by atoms with Crippen LogP contribution in [0.25, 0.3) is 0 Å². The zero-order valence-electron chi connectivity index (χ0n) is 20.8. The average Bonchev–Trinajstić information content (AvgIpc) is 2.46. The van der Waals surface area contributed by atoms with Gasteiger partial charge in [-0.2, -0.15) is 0 Å². The second kappa shape index (κ2) is 7.85. The second-order valence-electron chi connectivity index (χ2n) is 12.5. The molecular formula is C22H41F4NSi3. The number of halogens is 4. The van der Waals surface area contributed by atoms with Crippen LogP contribution in [0.3, 0.4) is 0 Å². The van der Waals surface area contributed by atoms with Crippen molar-refractivity contribution in [2.45, 2.75) is 103 Å². The first-order valence-corrected chi connectivity index (χ1v) is 15.9. The molecule has 0 radical (unpaired) electrons. The van der Waals surface area contributed by atoms with Crippen molar-refractivity contribution in [3.8, 4) is 0 Å². The van der Waals surface area contributed by atoms with Crippen LogP contribution >= 0.6 is 0 Å². The Morgan fingerprint density at radius 3 is 1.13 bits per heavy atom. The molecule has 0 atom stereocenters. The molecule has 0 N–H and O–H groups in total. The highest BCUT2D eigenvalue weighted by atomic mass is 28.6. The minimum absolute atomic E-state index is 0.665. The highest BCUT2D eigenvalue weighted by molar-refractivity contribution is 7.09. The van der Waals surface area contributed by atoms with Gasteiger partial charge < -0.3 is 0 Å². The summed E-state index contributed by atoms with van der Waals surface area (Å²) in [5.74, 6) is 0. The van der Waals surface area contributed by atoms with Crippen LogP contribution in [-0.2, 0) is 0 Å². The highest BCUT2D eigenvalue weighted by Crippen LogP contribution is 2.63. The number of hydrogen-bond donors (Lipinski definition) is 0. The Hall–Kier alpha value is -0.449. The van der Waals surface area contributed by atoms with Crippen LogP contribution in [0.15, 0.2) is 30.3 Å². The number of benzene rings is 1. The van der Waals surface area contributed by atoms with Crippen LogP contribution < -0.4 is 5.19 Å². The van der Waals surface area contributed by atoms with Gasteiger partial charge in [0.2, 0.25) is 0 Å². The fourth-order valence-corrected chi connectivity index (χ4v) is 29.3. The van der Waals surface area contributed by atoms with E-state index in [1.807, 2.05) is 47.6 Å². The minimum Gasteiger partial charge on any atom is -0.293 e. The van der Waals surface area contributed by atoms with Gasteiger partial charge in [-0.3, -0.25) is 8.00 Å². The summed E-state index contributed by atoms with van der Waals surface area (Å²) in [5, 5.41) is -3.07. The summed E-state index contributed by atoms with van der Waals surface area (Å²) in [4.78, 5) is 0. The number of rotatable bonds is 4. The molecule has 0 amide bonds. The normalized spacial score (nSPS) is 15.6. The molecule has 1 nitrogen and oxygen atoms in total. The van der Waals surface area contributed by atoms with Crippen LogP contribution in [0.1, 0.15) is 83.1 Å². The summed E-state index contributed by atoms with van der Waals surface area (Å²) in [6, 6.07) is 9.00. The molecule has 1 aromatic rings. The van der Waals surface area contributed by atoms with Gasteiger partial charge in [0.15, 0.2) is 8.24 Å². The Bertz CT molecular complexity index is 692. The third-order valence-corrected chi connectivity index (χ3v) is 22.9. The predicted octanol–water partition coefficient (Wildman–Crippen LogP) is 8.10. The van der Waals surface area contributed by atoms with Crippen molar-refractivity contribution in [3.05, 3.63) is 30.3 Å². The monoisotopic (exact) mass is 479 g/mol. The molecule has 0 aliphatic rings. The Kier molecular flexibility index (Phi) is 7.22. The standard InChI is InChI=1S/C22H41F4NSi3/c1-19(2,3)28(20(4,5)6,18-16-14-13-15-17-18)27(30(24,25)26)29(23,21(7,8)9)22(10,11)12/h13-17H,1-12H3. The molecule has 0 spiro atoms. The molecule has 0 unspecified atom stereocenters. The van der Waals surface area contributed by atoms with Crippen LogP contribution in [0, 0.1) is 0 Å². The highest BCUT2D eigenvalue weighted by Gasteiger charge is 2.78. The molecule has 1 rings (SSSR count). The van der Waals surface area contributed by atoms with Crippen LogP contribution in [-0.4, -0.2) is 29.9 Å². The molecule has 174 valence electrons. The van der Waals surface area contributed by atoms with Crippen molar-refractivity contribution < 1.29 is 16.4 Å². The molecule has 0 heterocycles. The van der Waals surface area contributed by atoms with Gasteiger partial charge in [0, 0.05) is 0 Å². The zero-order valence-corrected chi connectivity index (χ0v) is 23.8. The first-order valence-electron chi connectivity index (χ1n) is 10.6. The first kappa shape index (κ1) is 27.6.